The van der Waals surface area contributed by atoms with Gasteiger partial charge in [0.25, 0.3) is 5.69 Å². The van der Waals surface area contributed by atoms with E-state index in [1.54, 1.807) is 6.08 Å². The van der Waals surface area contributed by atoms with Crippen molar-refractivity contribution in [2.75, 3.05) is 11.9 Å². The fourth-order valence-corrected chi connectivity index (χ4v) is 1.41. The SMILES string of the molecule is CC(C)=CCNc1ccc([N+](=O)[O-])c(C(F)(F)F)c1. The van der Waals surface area contributed by atoms with E-state index in [2.05, 4.69) is 5.32 Å². The molecule has 0 aliphatic rings. The average molecular weight is 274 g/mol. The third-order valence-corrected chi connectivity index (χ3v) is 2.32. The van der Waals surface area contributed by atoms with E-state index in [-0.39, 0.29) is 5.69 Å². The molecule has 0 spiro atoms. The highest BCUT2D eigenvalue weighted by atomic mass is 19.4. The Hall–Kier alpha value is -2.05. The molecule has 19 heavy (non-hydrogen) atoms. The van der Waals surface area contributed by atoms with Gasteiger partial charge in [0.1, 0.15) is 5.56 Å². The van der Waals surface area contributed by atoms with E-state index < -0.39 is 22.4 Å². The van der Waals surface area contributed by atoms with Crippen molar-refractivity contribution in [3.8, 4) is 0 Å². The number of nitro benzene ring substituents is 1. The number of hydrogen-bond donors (Lipinski definition) is 1. The third kappa shape index (κ3) is 4.27. The van der Waals surface area contributed by atoms with Crippen molar-refractivity contribution in [3.05, 3.63) is 45.5 Å². The normalized spacial score (nSPS) is 11.0. The Morgan fingerprint density at radius 3 is 2.53 bits per heavy atom. The van der Waals surface area contributed by atoms with E-state index in [1.807, 2.05) is 13.8 Å². The predicted octanol–water partition coefficient (Wildman–Crippen LogP) is 3.99. The lowest BCUT2D eigenvalue weighted by atomic mass is 10.1. The van der Waals surface area contributed by atoms with Gasteiger partial charge in [0.15, 0.2) is 0 Å². The lowest BCUT2D eigenvalue weighted by Crippen LogP contribution is -2.10. The molecule has 0 aliphatic carbocycles. The maximum Gasteiger partial charge on any atom is 0.423 e. The minimum Gasteiger partial charge on any atom is -0.382 e. The minimum atomic E-state index is -4.75. The summed E-state index contributed by atoms with van der Waals surface area (Å²) < 4.78 is 38.1. The van der Waals surface area contributed by atoms with Gasteiger partial charge in [-0.15, -0.1) is 0 Å². The van der Waals surface area contributed by atoms with Crippen LogP contribution in [0.5, 0.6) is 0 Å². The smallest absolute Gasteiger partial charge is 0.382 e. The molecule has 0 saturated carbocycles. The van der Waals surface area contributed by atoms with Gasteiger partial charge in [0, 0.05) is 18.3 Å². The van der Waals surface area contributed by atoms with Crippen molar-refractivity contribution >= 4 is 11.4 Å². The van der Waals surface area contributed by atoms with Crippen molar-refractivity contribution in [1.29, 1.82) is 0 Å². The zero-order valence-electron chi connectivity index (χ0n) is 10.4. The second-order valence-electron chi connectivity index (χ2n) is 4.15. The van der Waals surface area contributed by atoms with E-state index in [1.165, 1.54) is 6.07 Å². The first-order chi connectivity index (χ1) is 8.71. The molecule has 7 heteroatoms. The van der Waals surface area contributed by atoms with Crippen LogP contribution in [-0.2, 0) is 6.18 Å². The van der Waals surface area contributed by atoms with E-state index in [4.69, 9.17) is 0 Å². The number of nitrogens with one attached hydrogen (secondary N) is 1. The lowest BCUT2D eigenvalue weighted by Gasteiger charge is -2.10. The molecule has 0 unspecified atom stereocenters. The Bertz CT molecular complexity index is 506. The van der Waals surface area contributed by atoms with Crippen molar-refractivity contribution in [2.45, 2.75) is 20.0 Å². The van der Waals surface area contributed by atoms with E-state index in [0.717, 1.165) is 17.7 Å². The Balaban J connectivity index is 3.05. The van der Waals surface area contributed by atoms with Crippen LogP contribution in [0.1, 0.15) is 19.4 Å². The zero-order valence-corrected chi connectivity index (χ0v) is 10.4. The van der Waals surface area contributed by atoms with Crippen molar-refractivity contribution in [1.82, 2.24) is 0 Å². The summed E-state index contributed by atoms with van der Waals surface area (Å²) in [5.41, 5.74) is -0.985. The average Bonchev–Trinajstić information content (AvgIpc) is 2.27. The molecule has 0 bridgehead atoms. The van der Waals surface area contributed by atoms with Gasteiger partial charge < -0.3 is 5.32 Å². The first kappa shape index (κ1) is 15.0. The summed E-state index contributed by atoms with van der Waals surface area (Å²) in [6.07, 6.45) is -2.95. The molecule has 0 fully saturated rings. The summed E-state index contributed by atoms with van der Waals surface area (Å²) in [5.74, 6) is 0. The van der Waals surface area contributed by atoms with Gasteiger partial charge in [0.05, 0.1) is 4.92 Å². The summed E-state index contributed by atoms with van der Waals surface area (Å²) in [7, 11) is 0. The molecule has 0 radical (unpaired) electrons. The molecule has 104 valence electrons. The molecule has 0 aromatic heterocycles. The van der Waals surface area contributed by atoms with Gasteiger partial charge in [-0.1, -0.05) is 11.6 Å². The largest absolute Gasteiger partial charge is 0.423 e. The minimum absolute atomic E-state index is 0.190. The van der Waals surface area contributed by atoms with Crippen LogP contribution in [-0.4, -0.2) is 11.5 Å². The van der Waals surface area contributed by atoms with Crippen LogP contribution < -0.4 is 5.32 Å². The molecule has 0 aliphatic heterocycles. The highest BCUT2D eigenvalue weighted by molar-refractivity contribution is 5.55. The van der Waals surface area contributed by atoms with Gasteiger partial charge in [-0.05, 0) is 26.0 Å². The van der Waals surface area contributed by atoms with Crippen molar-refractivity contribution in [2.24, 2.45) is 0 Å². The molecule has 1 aromatic carbocycles. The Labute approximate surface area is 108 Å². The maximum atomic E-state index is 12.7. The second-order valence-corrected chi connectivity index (χ2v) is 4.15. The number of hydrogen-bond acceptors (Lipinski definition) is 3. The van der Waals surface area contributed by atoms with E-state index in [0.29, 0.717) is 6.54 Å². The van der Waals surface area contributed by atoms with Crippen LogP contribution in [0, 0.1) is 10.1 Å². The molecule has 1 rings (SSSR count). The first-order valence-corrected chi connectivity index (χ1v) is 5.44. The molecule has 0 atom stereocenters. The fraction of sp³-hybridized carbons (Fsp3) is 0.333. The van der Waals surface area contributed by atoms with Crippen LogP contribution >= 0.6 is 0 Å². The number of nitro groups is 1. The van der Waals surface area contributed by atoms with Crippen LogP contribution in [0.2, 0.25) is 0 Å². The number of anilines is 1. The van der Waals surface area contributed by atoms with Gasteiger partial charge in [0.2, 0.25) is 0 Å². The van der Waals surface area contributed by atoms with Crippen LogP contribution in [0.3, 0.4) is 0 Å². The van der Waals surface area contributed by atoms with E-state index in [9.17, 15) is 23.3 Å². The lowest BCUT2D eigenvalue weighted by molar-refractivity contribution is -0.388. The summed E-state index contributed by atoms with van der Waals surface area (Å²) in [4.78, 5) is 9.52. The molecule has 0 saturated heterocycles. The maximum absolute atomic E-state index is 12.7. The molecule has 0 amide bonds. The highest BCUT2D eigenvalue weighted by Gasteiger charge is 2.38. The summed E-state index contributed by atoms with van der Waals surface area (Å²) in [6, 6.07) is 2.86. The highest BCUT2D eigenvalue weighted by Crippen LogP contribution is 2.37. The molecule has 1 aromatic rings. The van der Waals surface area contributed by atoms with Crippen LogP contribution in [0.25, 0.3) is 0 Å². The number of nitrogens with zero attached hydrogens (tertiary/aromatic N) is 1. The summed E-state index contributed by atoms with van der Waals surface area (Å²) in [6.45, 7) is 4.08. The molecule has 4 nitrogen and oxygen atoms in total. The van der Waals surface area contributed by atoms with Gasteiger partial charge in [-0.2, -0.15) is 13.2 Å². The number of benzene rings is 1. The summed E-state index contributed by atoms with van der Waals surface area (Å²) in [5, 5.41) is 13.3. The van der Waals surface area contributed by atoms with Crippen LogP contribution in [0.4, 0.5) is 24.5 Å². The monoisotopic (exact) mass is 274 g/mol. The quantitative estimate of drug-likeness (QED) is 0.513. The molecular weight excluding hydrogens is 261 g/mol. The predicted molar refractivity (Wildman–Crippen MR) is 66.0 cm³/mol. The Morgan fingerprint density at radius 2 is 2.05 bits per heavy atom. The Kier molecular flexibility index (Phi) is 4.52. The van der Waals surface area contributed by atoms with Gasteiger partial charge in [-0.3, -0.25) is 10.1 Å². The first-order valence-electron chi connectivity index (χ1n) is 5.44. The zero-order chi connectivity index (χ0) is 14.6. The number of alkyl halides is 3. The number of allylic oxidation sites excluding steroid dienone is 1. The number of halogens is 3. The topological polar surface area (TPSA) is 55.2 Å². The summed E-state index contributed by atoms with van der Waals surface area (Å²) >= 11 is 0. The van der Waals surface area contributed by atoms with E-state index >= 15 is 0 Å². The fourth-order valence-electron chi connectivity index (χ4n) is 1.41. The standard InChI is InChI=1S/C12H13F3N2O2/c1-8(2)5-6-16-9-3-4-11(17(18)19)10(7-9)12(13,14)15/h3-5,7,16H,6H2,1-2H3. The van der Waals surface area contributed by atoms with Crippen molar-refractivity contribution in [3.63, 3.8) is 0 Å². The van der Waals surface area contributed by atoms with Gasteiger partial charge >= 0.3 is 6.18 Å². The third-order valence-electron chi connectivity index (χ3n) is 2.32. The molecule has 0 heterocycles. The molecular formula is C12H13F3N2O2. The Morgan fingerprint density at radius 1 is 1.42 bits per heavy atom. The van der Waals surface area contributed by atoms with Crippen molar-refractivity contribution < 1.29 is 18.1 Å². The second kappa shape index (κ2) is 5.73. The molecule has 1 N–H and O–H groups in total. The van der Waals surface area contributed by atoms with Crippen LogP contribution in [0.15, 0.2) is 29.8 Å². The number of rotatable bonds is 4. The van der Waals surface area contributed by atoms with Gasteiger partial charge in [-0.25, -0.2) is 0 Å².